The number of unbranched alkanes of at least 4 members (excludes halogenated alkanes) is 38. The second-order valence-corrected chi connectivity index (χ2v) is 18.6. The van der Waals surface area contributed by atoms with Crippen LogP contribution in [0.25, 0.3) is 0 Å². The van der Waals surface area contributed by atoms with Crippen LogP contribution in [0.15, 0.2) is 12.2 Å². The fourth-order valence-corrected chi connectivity index (χ4v) is 8.52. The Balaban J connectivity index is 3.57. The summed E-state index contributed by atoms with van der Waals surface area (Å²) in [5, 5.41) is 43.8. The summed E-state index contributed by atoms with van der Waals surface area (Å²) in [5.74, 6) is -0.580. The number of hydrogen-bond donors (Lipinski definition) is 5. The van der Waals surface area contributed by atoms with E-state index < -0.39 is 36.9 Å². The van der Waals surface area contributed by atoms with E-state index in [4.69, 9.17) is 0 Å². The molecule has 0 aromatic heterocycles. The van der Waals surface area contributed by atoms with Crippen LogP contribution in [0, 0.1) is 0 Å². The molecule has 0 rings (SSSR count). The lowest BCUT2D eigenvalue weighted by molar-refractivity contribution is -0.132. The highest BCUT2D eigenvalue weighted by Gasteiger charge is 2.28. The molecular formula is C53H105NO5. The number of rotatable bonds is 49. The van der Waals surface area contributed by atoms with Gasteiger partial charge in [-0.2, -0.15) is 0 Å². The number of allylic oxidation sites excluding steroid dienone is 2. The fourth-order valence-electron chi connectivity index (χ4n) is 8.52. The summed E-state index contributed by atoms with van der Waals surface area (Å²) >= 11 is 0. The molecular weight excluding hydrogens is 731 g/mol. The van der Waals surface area contributed by atoms with Gasteiger partial charge >= 0.3 is 0 Å². The normalized spacial score (nSPS) is 13.9. The van der Waals surface area contributed by atoms with Crippen LogP contribution >= 0.6 is 0 Å². The van der Waals surface area contributed by atoms with E-state index in [1.807, 2.05) is 0 Å². The van der Waals surface area contributed by atoms with E-state index in [-0.39, 0.29) is 0 Å². The van der Waals surface area contributed by atoms with Crippen LogP contribution in [0.4, 0.5) is 0 Å². The highest BCUT2D eigenvalue weighted by Crippen LogP contribution is 2.18. The van der Waals surface area contributed by atoms with Gasteiger partial charge in [-0.3, -0.25) is 4.79 Å². The monoisotopic (exact) mass is 836 g/mol. The SMILES string of the molecule is CCCCCCCCCCCCCC/C=C\CCCCCCCCCCCCCCCCC(O)C(=O)NC(CO)C(O)C(O)CCCCCCCCCCCCCCC. The van der Waals surface area contributed by atoms with Gasteiger partial charge in [0.25, 0.3) is 0 Å². The molecule has 0 aliphatic heterocycles. The predicted molar refractivity (Wildman–Crippen MR) is 256 cm³/mol. The summed E-state index contributed by atoms with van der Waals surface area (Å²) in [6.45, 7) is 4.07. The van der Waals surface area contributed by atoms with Gasteiger partial charge in [-0.1, -0.05) is 264 Å². The maximum absolute atomic E-state index is 12.6. The van der Waals surface area contributed by atoms with Crippen molar-refractivity contribution < 1.29 is 25.2 Å². The van der Waals surface area contributed by atoms with E-state index in [2.05, 4.69) is 31.3 Å². The molecule has 0 aliphatic rings. The largest absolute Gasteiger partial charge is 0.394 e. The van der Waals surface area contributed by atoms with E-state index in [0.717, 1.165) is 38.5 Å². The number of carbonyl (C=O) groups is 1. The van der Waals surface area contributed by atoms with Crippen molar-refractivity contribution in [2.45, 2.75) is 314 Å². The van der Waals surface area contributed by atoms with Gasteiger partial charge in [0.05, 0.1) is 18.8 Å². The van der Waals surface area contributed by atoms with Crippen molar-refractivity contribution in [1.29, 1.82) is 0 Å². The number of aliphatic hydroxyl groups is 4. The second-order valence-electron chi connectivity index (χ2n) is 18.6. The van der Waals surface area contributed by atoms with Gasteiger partial charge in [-0.25, -0.2) is 0 Å². The molecule has 59 heavy (non-hydrogen) atoms. The average molecular weight is 836 g/mol. The van der Waals surface area contributed by atoms with E-state index in [0.29, 0.717) is 12.8 Å². The first-order chi connectivity index (χ1) is 29.0. The Labute approximate surface area is 368 Å². The van der Waals surface area contributed by atoms with Crippen LogP contribution in [-0.4, -0.2) is 57.3 Å². The van der Waals surface area contributed by atoms with Gasteiger partial charge in [0, 0.05) is 0 Å². The summed E-state index contributed by atoms with van der Waals surface area (Å²) < 4.78 is 0. The van der Waals surface area contributed by atoms with Crippen molar-refractivity contribution in [3.8, 4) is 0 Å². The van der Waals surface area contributed by atoms with Crippen molar-refractivity contribution in [2.75, 3.05) is 6.61 Å². The molecule has 0 aliphatic carbocycles. The lowest BCUT2D eigenvalue weighted by atomic mass is 9.99. The molecule has 0 heterocycles. The van der Waals surface area contributed by atoms with E-state index in [9.17, 15) is 25.2 Å². The minimum Gasteiger partial charge on any atom is -0.394 e. The summed E-state index contributed by atoms with van der Waals surface area (Å²) in [5.41, 5.74) is 0. The Morgan fingerprint density at radius 1 is 0.407 bits per heavy atom. The minimum atomic E-state index is -1.25. The summed E-state index contributed by atoms with van der Waals surface area (Å²) in [4.78, 5) is 12.6. The number of aliphatic hydroxyl groups excluding tert-OH is 4. The van der Waals surface area contributed by atoms with Crippen LogP contribution < -0.4 is 5.32 Å². The number of nitrogens with one attached hydrogen (secondary N) is 1. The highest BCUT2D eigenvalue weighted by atomic mass is 16.3. The average Bonchev–Trinajstić information content (AvgIpc) is 3.24. The van der Waals surface area contributed by atoms with Crippen LogP contribution in [0.1, 0.15) is 290 Å². The molecule has 6 nitrogen and oxygen atoms in total. The Morgan fingerprint density at radius 2 is 0.678 bits per heavy atom. The van der Waals surface area contributed by atoms with Crippen LogP contribution in [-0.2, 0) is 4.79 Å². The van der Waals surface area contributed by atoms with Gasteiger partial charge in [0.15, 0.2) is 0 Å². The molecule has 4 atom stereocenters. The zero-order valence-corrected chi connectivity index (χ0v) is 39.8. The molecule has 352 valence electrons. The molecule has 0 aromatic rings. The topological polar surface area (TPSA) is 110 Å². The quantitative estimate of drug-likeness (QED) is 0.0310. The van der Waals surface area contributed by atoms with Gasteiger partial charge in [0.2, 0.25) is 5.91 Å². The van der Waals surface area contributed by atoms with Gasteiger partial charge in [-0.05, 0) is 38.5 Å². The number of carbonyl (C=O) groups excluding carboxylic acids is 1. The van der Waals surface area contributed by atoms with Gasteiger partial charge in [-0.15, -0.1) is 0 Å². The molecule has 0 spiro atoms. The van der Waals surface area contributed by atoms with Crippen LogP contribution in [0.5, 0.6) is 0 Å². The van der Waals surface area contributed by atoms with Crippen LogP contribution in [0.2, 0.25) is 0 Å². The number of amides is 1. The van der Waals surface area contributed by atoms with Crippen molar-refractivity contribution in [3.63, 3.8) is 0 Å². The third kappa shape index (κ3) is 42.1. The first kappa shape index (κ1) is 58.0. The zero-order valence-electron chi connectivity index (χ0n) is 39.8. The minimum absolute atomic E-state index is 0.373. The maximum Gasteiger partial charge on any atom is 0.249 e. The zero-order chi connectivity index (χ0) is 43.1. The van der Waals surface area contributed by atoms with Crippen LogP contribution in [0.3, 0.4) is 0 Å². The third-order valence-electron chi connectivity index (χ3n) is 12.7. The van der Waals surface area contributed by atoms with Crippen molar-refractivity contribution in [1.82, 2.24) is 5.32 Å². The number of hydrogen-bond acceptors (Lipinski definition) is 5. The summed E-state index contributed by atoms with van der Waals surface area (Å²) in [7, 11) is 0. The van der Waals surface area contributed by atoms with Gasteiger partial charge in [0.1, 0.15) is 12.2 Å². The molecule has 5 N–H and O–H groups in total. The molecule has 6 heteroatoms. The first-order valence-corrected chi connectivity index (χ1v) is 26.6. The van der Waals surface area contributed by atoms with E-state index in [1.54, 1.807) is 0 Å². The Morgan fingerprint density at radius 3 is 0.983 bits per heavy atom. The molecule has 0 fully saturated rings. The fraction of sp³-hybridized carbons (Fsp3) is 0.943. The van der Waals surface area contributed by atoms with Gasteiger partial charge < -0.3 is 25.7 Å². The molecule has 0 saturated heterocycles. The molecule has 4 unspecified atom stereocenters. The molecule has 0 radical (unpaired) electrons. The summed E-state index contributed by atoms with van der Waals surface area (Å²) in [6, 6.07) is -0.981. The smallest absolute Gasteiger partial charge is 0.249 e. The van der Waals surface area contributed by atoms with E-state index in [1.165, 1.54) is 225 Å². The third-order valence-corrected chi connectivity index (χ3v) is 12.7. The maximum atomic E-state index is 12.6. The lowest BCUT2D eigenvalue weighted by Gasteiger charge is -2.27. The van der Waals surface area contributed by atoms with Crippen molar-refractivity contribution >= 4 is 5.91 Å². The Hall–Kier alpha value is -0.950. The van der Waals surface area contributed by atoms with Crippen molar-refractivity contribution in [3.05, 3.63) is 12.2 Å². The standard InChI is InChI=1S/C53H105NO5/c1-3-5-7-9-11-13-15-17-18-19-20-21-22-23-24-25-26-27-28-29-30-31-32-33-35-37-39-41-43-45-47-51(57)53(59)54-49(48-55)52(58)50(56)46-44-42-40-38-36-34-16-14-12-10-8-6-4-2/h23-24,49-52,55-58H,3-22,25-48H2,1-2H3,(H,54,59)/b24-23-. The first-order valence-electron chi connectivity index (χ1n) is 26.6. The summed E-state index contributed by atoms with van der Waals surface area (Å²) in [6.07, 6.45) is 55.6. The molecule has 1 amide bonds. The lowest BCUT2D eigenvalue weighted by Crippen LogP contribution is -2.53. The molecule has 0 saturated carbocycles. The van der Waals surface area contributed by atoms with Crippen molar-refractivity contribution in [2.24, 2.45) is 0 Å². The second kappa shape index (κ2) is 48.1. The Bertz CT molecular complexity index is 852. The Kier molecular flexibility index (Phi) is 47.3. The molecule has 0 bridgehead atoms. The predicted octanol–water partition coefficient (Wildman–Crippen LogP) is 14.9. The van der Waals surface area contributed by atoms with E-state index >= 15 is 0 Å². The molecule has 0 aromatic carbocycles. The highest BCUT2D eigenvalue weighted by molar-refractivity contribution is 5.80.